The number of unbranched alkanes of at least 4 members (excludes halogenated alkanes) is 1. The van der Waals surface area contributed by atoms with E-state index in [9.17, 15) is 4.39 Å². The number of rotatable bonds is 6. The van der Waals surface area contributed by atoms with Crippen LogP contribution in [0.3, 0.4) is 0 Å². The molecule has 0 aromatic heterocycles. The second-order valence-electron chi connectivity index (χ2n) is 6.26. The Balaban J connectivity index is 0.00000105. The molecule has 0 bridgehead atoms. The summed E-state index contributed by atoms with van der Waals surface area (Å²) >= 11 is 3.55. The molecule has 0 aliphatic carbocycles. The third kappa shape index (κ3) is 8.14. The summed E-state index contributed by atoms with van der Waals surface area (Å²) in [5.41, 5.74) is 6.68. The molecule has 26 heavy (non-hydrogen) atoms. The highest BCUT2D eigenvalue weighted by Crippen LogP contribution is 2.25. The molecule has 0 saturated heterocycles. The second kappa shape index (κ2) is 12.6. The number of benzene rings is 2. The molecular weight excluding hydrogens is 387 g/mol. The third-order valence-electron chi connectivity index (χ3n) is 3.98. The van der Waals surface area contributed by atoms with E-state index in [1.165, 1.54) is 41.2 Å². The maximum absolute atomic E-state index is 10.3. The van der Waals surface area contributed by atoms with E-state index in [2.05, 4.69) is 97.4 Å². The summed E-state index contributed by atoms with van der Waals surface area (Å²) in [5.74, 6) is 0. The van der Waals surface area contributed by atoms with Crippen LogP contribution < -0.4 is 0 Å². The topological polar surface area (TPSA) is 0 Å². The fraction of sp³-hybridized carbons (Fsp3) is 0.333. The number of alkyl halides is 1. The van der Waals surface area contributed by atoms with Gasteiger partial charge in [-0.1, -0.05) is 83.4 Å². The molecule has 2 aromatic rings. The number of allylic oxidation sites excluding steroid dienone is 4. The first-order valence-electron chi connectivity index (χ1n) is 9.26. The lowest BCUT2D eigenvalue weighted by Gasteiger charge is -2.09. The van der Waals surface area contributed by atoms with Gasteiger partial charge in [-0.3, -0.25) is 4.39 Å². The van der Waals surface area contributed by atoms with Gasteiger partial charge in [0.05, 0.1) is 6.67 Å². The predicted octanol–water partition coefficient (Wildman–Crippen LogP) is 8.41. The number of halogens is 2. The molecule has 0 heterocycles. The van der Waals surface area contributed by atoms with E-state index in [0.29, 0.717) is 0 Å². The highest BCUT2D eigenvalue weighted by atomic mass is 79.9. The van der Waals surface area contributed by atoms with Gasteiger partial charge in [-0.15, -0.1) is 0 Å². The molecule has 2 heteroatoms. The molecule has 0 radical (unpaired) electrons. The molecular formula is C24H30BrF. The van der Waals surface area contributed by atoms with Gasteiger partial charge in [-0.2, -0.15) is 0 Å². The molecule has 0 saturated carbocycles. The molecule has 0 aliphatic rings. The van der Waals surface area contributed by atoms with E-state index >= 15 is 0 Å². The smallest absolute Gasteiger partial charge is 0.0866 e. The third-order valence-corrected chi connectivity index (χ3v) is 4.47. The lowest BCUT2D eigenvalue weighted by molar-refractivity contribution is 0.527. The summed E-state index contributed by atoms with van der Waals surface area (Å²) in [6.07, 6.45) is 8.02. The number of hydrogen-bond donors (Lipinski definition) is 0. The van der Waals surface area contributed by atoms with Crippen LogP contribution in [-0.4, -0.2) is 6.67 Å². The second-order valence-corrected chi connectivity index (χ2v) is 7.17. The van der Waals surface area contributed by atoms with Gasteiger partial charge in [0.2, 0.25) is 0 Å². The minimum Gasteiger partial charge on any atom is -0.251 e. The summed E-state index contributed by atoms with van der Waals surface area (Å²) in [7, 11) is 0. The lowest BCUT2D eigenvalue weighted by atomic mass is 9.97. The van der Waals surface area contributed by atoms with Crippen molar-refractivity contribution in [2.24, 2.45) is 0 Å². The predicted molar refractivity (Wildman–Crippen MR) is 118 cm³/mol. The van der Waals surface area contributed by atoms with Gasteiger partial charge >= 0.3 is 0 Å². The first kappa shape index (κ1) is 22.4. The Labute approximate surface area is 167 Å². The average molecular weight is 417 g/mol. The van der Waals surface area contributed by atoms with E-state index in [1.54, 1.807) is 0 Å². The number of aryl methyl sites for hydroxylation is 1. The molecule has 0 aliphatic heterocycles. The van der Waals surface area contributed by atoms with Crippen molar-refractivity contribution in [2.45, 2.75) is 47.0 Å². The van der Waals surface area contributed by atoms with Crippen molar-refractivity contribution < 1.29 is 4.39 Å². The van der Waals surface area contributed by atoms with Crippen molar-refractivity contribution in [2.75, 3.05) is 6.67 Å². The van der Waals surface area contributed by atoms with Crippen molar-refractivity contribution >= 4 is 27.1 Å². The van der Waals surface area contributed by atoms with E-state index in [0.717, 1.165) is 17.3 Å². The van der Waals surface area contributed by atoms with Crippen molar-refractivity contribution in [3.8, 4) is 0 Å². The summed E-state index contributed by atoms with van der Waals surface area (Å²) in [5, 5.41) is 0. The zero-order valence-electron chi connectivity index (χ0n) is 16.4. The van der Waals surface area contributed by atoms with E-state index in [1.807, 2.05) is 0 Å². The van der Waals surface area contributed by atoms with Gasteiger partial charge < -0.3 is 0 Å². The van der Waals surface area contributed by atoms with Crippen LogP contribution >= 0.6 is 15.9 Å². The first-order valence-corrected chi connectivity index (χ1v) is 10.1. The Morgan fingerprint density at radius 2 is 1.65 bits per heavy atom. The molecule has 2 rings (SSSR count). The summed E-state index contributed by atoms with van der Waals surface area (Å²) < 4.78 is 11.4. The standard InChI is InChI=1S/C22H25Br.C2H5F/c1-4-5-9-19(21-11-6-8-17(2)15-21)14-13-18(3)20-10-7-12-22(23)16-20;1-2-3/h6-13,15-16H,4-5,14H2,1-3H3;2H2,1H3/b18-13+,19-9+;. The molecule has 0 fully saturated rings. The number of hydrogen-bond acceptors (Lipinski definition) is 0. The normalized spacial score (nSPS) is 11.8. The summed E-state index contributed by atoms with van der Waals surface area (Å²) in [4.78, 5) is 0. The minimum atomic E-state index is -0.250. The van der Waals surface area contributed by atoms with Gasteiger partial charge in [-0.25, -0.2) is 0 Å². The largest absolute Gasteiger partial charge is 0.251 e. The highest BCUT2D eigenvalue weighted by Gasteiger charge is 2.02. The first-order chi connectivity index (χ1) is 12.5. The summed E-state index contributed by atoms with van der Waals surface area (Å²) in [6, 6.07) is 17.3. The molecule has 140 valence electrons. The molecule has 0 nitrogen and oxygen atoms in total. The van der Waals surface area contributed by atoms with Gasteiger partial charge in [0.15, 0.2) is 0 Å². The van der Waals surface area contributed by atoms with Gasteiger partial charge in [0.1, 0.15) is 0 Å². The average Bonchev–Trinajstić information content (AvgIpc) is 2.62. The van der Waals surface area contributed by atoms with Crippen molar-refractivity contribution in [3.63, 3.8) is 0 Å². The molecule has 0 unspecified atom stereocenters. The van der Waals surface area contributed by atoms with Crippen LogP contribution in [0, 0.1) is 6.92 Å². The van der Waals surface area contributed by atoms with Crippen LogP contribution in [0.15, 0.2) is 65.2 Å². The van der Waals surface area contributed by atoms with Crippen LogP contribution in [0.25, 0.3) is 11.1 Å². The Kier molecular flexibility index (Phi) is 10.9. The Bertz CT molecular complexity index is 728. The van der Waals surface area contributed by atoms with Gasteiger partial charge in [0.25, 0.3) is 0 Å². The fourth-order valence-electron chi connectivity index (χ4n) is 2.60. The fourth-order valence-corrected chi connectivity index (χ4v) is 3.00. The Hall–Kier alpha value is -1.67. The van der Waals surface area contributed by atoms with Crippen LogP contribution in [0.1, 0.15) is 56.7 Å². The van der Waals surface area contributed by atoms with Gasteiger partial charge in [0, 0.05) is 4.47 Å². The van der Waals surface area contributed by atoms with Gasteiger partial charge in [-0.05, 0) is 68.0 Å². The monoisotopic (exact) mass is 416 g/mol. The maximum atomic E-state index is 10.3. The van der Waals surface area contributed by atoms with Crippen LogP contribution in [0.2, 0.25) is 0 Å². The van der Waals surface area contributed by atoms with Crippen molar-refractivity contribution in [1.29, 1.82) is 0 Å². The Morgan fingerprint density at radius 3 is 2.27 bits per heavy atom. The minimum absolute atomic E-state index is 0.250. The SMILES string of the molecule is CCC/C=C(\C/C=C(\C)c1cccc(Br)c1)c1cccc(C)c1.CCF. The van der Waals surface area contributed by atoms with Crippen molar-refractivity contribution in [3.05, 3.63) is 81.8 Å². The Morgan fingerprint density at radius 1 is 1.00 bits per heavy atom. The maximum Gasteiger partial charge on any atom is 0.0866 e. The lowest BCUT2D eigenvalue weighted by Crippen LogP contribution is -1.87. The molecule has 0 spiro atoms. The molecule has 2 aromatic carbocycles. The molecule has 0 N–H and O–H groups in total. The zero-order valence-corrected chi connectivity index (χ0v) is 17.9. The van der Waals surface area contributed by atoms with Crippen LogP contribution in [-0.2, 0) is 0 Å². The van der Waals surface area contributed by atoms with E-state index in [-0.39, 0.29) is 6.67 Å². The highest BCUT2D eigenvalue weighted by molar-refractivity contribution is 9.10. The molecule has 0 amide bonds. The zero-order chi connectivity index (χ0) is 19.4. The molecule has 0 atom stereocenters. The van der Waals surface area contributed by atoms with Crippen LogP contribution in [0.4, 0.5) is 4.39 Å². The van der Waals surface area contributed by atoms with Crippen molar-refractivity contribution in [1.82, 2.24) is 0 Å². The van der Waals surface area contributed by atoms with E-state index < -0.39 is 0 Å². The summed E-state index contributed by atoms with van der Waals surface area (Å²) in [6.45, 7) is 7.78. The van der Waals surface area contributed by atoms with Crippen LogP contribution in [0.5, 0.6) is 0 Å². The van der Waals surface area contributed by atoms with E-state index in [4.69, 9.17) is 0 Å². The quantitative estimate of drug-likeness (QED) is 0.443.